The Morgan fingerprint density at radius 1 is 1.36 bits per heavy atom. The number of nitriles is 1. The van der Waals surface area contributed by atoms with Crippen molar-refractivity contribution in [2.75, 3.05) is 13.1 Å². The SMILES string of the molecule is CC(C)(C)OC(=O)N1CCC(N=C(N)C(C#N)=C(N)Br)CC1. The first-order valence-corrected chi connectivity index (χ1v) is 7.80. The number of ether oxygens (including phenoxy) is 1. The predicted molar refractivity (Wildman–Crippen MR) is 88.2 cm³/mol. The maximum absolute atomic E-state index is 12.0. The van der Waals surface area contributed by atoms with Crippen molar-refractivity contribution in [2.45, 2.75) is 45.3 Å². The van der Waals surface area contributed by atoms with Gasteiger partial charge in [-0.1, -0.05) is 0 Å². The van der Waals surface area contributed by atoms with E-state index in [1.165, 1.54) is 0 Å². The molecule has 0 aromatic rings. The number of nitrogens with two attached hydrogens (primary N) is 2. The van der Waals surface area contributed by atoms with Gasteiger partial charge in [-0.05, 0) is 49.5 Å². The smallest absolute Gasteiger partial charge is 0.410 e. The topological polar surface area (TPSA) is 118 Å². The van der Waals surface area contributed by atoms with E-state index in [0.717, 1.165) is 0 Å². The molecule has 0 unspecified atom stereocenters. The molecule has 22 heavy (non-hydrogen) atoms. The van der Waals surface area contributed by atoms with Gasteiger partial charge in [0.15, 0.2) is 0 Å². The van der Waals surface area contributed by atoms with Crippen LogP contribution in [-0.2, 0) is 4.74 Å². The quantitative estimate of drug-likeness (QED) is 0.332. The first kappa shape index (κ1) is 18.3. The summed E-state index contributed by atoms with van der Waals surface area (Å²) in [6.45, 7) is 6.60. The molecule has 0 aromatic carbocycles. The lowest BCUT2D eigenvalue weighted by Gasteiger charge is -2.32. The van der Waals surface area contributed by atoms with E-state index in [4.69, 9.17) is 21.5 Å². The van der Waals surface area contributed by atoms with E-state index in [1.807, 2.05) is 26.8 Å². The molecule has 1 aliphatic rings. The molecule has 0 radical (unpaired) electrons. The highest BCUT2D eigenvalue weighted by Gasteiger charge is 2.27. The molecule has 0 saturated carbocycles. The van der Waals surface area contributed by atoms with Gasteiger partial charge in [0, 0.05) is 13.1 Å². The van der Waals surface area contributed by atoms with Gasteiger partial charge in [-0.25, -0.2) is 4.79 Å². The molecule has 1 heterocycles. The third kappa shape index (κ3) is 5.56. The number of likely N-dealkylation sites (tertiary alicyclic amines) is 1. The molecule has 0 aliphatic carbocycles. The molecule has 1 fully saturated rings. The minimum absolute atomic E-state index is 0.0334. The minimum Gasteiger partial charge on any atom is -0.444 e. The molecular formula is C14H22BrN5O2. The number of carbonyl (C=O) groups excluding carboxylic acids is 1. The monoisotopic (exact) mass is 371 g/mol. The summed E-state index contributed by atoms with van der Waals surface area (Å²) in [6, 6.07) is 1.88. The Morgan fingerprint density at radius 2 is 1.91 bits per heavy atom. The molecule has 7 nitrogen and oxygen atoms in total. The van der Waals surface area contributed by atoms with Crippen LogP contribution in [0.5, 0.6) is 0 Å². The van der Waals surface area contributed by atoms with Crippen molar-refractivity contribution in [3.63, 3.8) is 0 Å². The van der Waals surface area contributed by atoms with Crippen LogP contribution >= 0.6 is 15.9 Å². The van der Waals surface area contributed by atoms with Crippen molar-refractivity contribution in [3.05, 3.63) is 10.2 Å². The van der Waals surface area contributed by atoms with Gasteiger partial charge in [0.25, 0.3) is 0 Å². The lowest BCUT2D eigenvalue weighted by Crippen LogP contribution is -2.43. The van der Waals surface area contributed by atoms with Crippen LogP contribution in [0.2, 0.25) is 0 Å². The molecule has 122 valence electrons. The van der Waals surface area contributed by atoms with Crippen LogP contribution in [0.15, 0.2) is 15.2 Å². The van der Waals surface area contributed by atoms with Gasteiger partial charge in [0.2, 0.25) is 0 Å². The van der Waals surface area contributed by atoms with Crippen molar-refractivity contribution < 1.29 is 9.53 Å². The largest absolute Gasteiger partial charge is 0.444 e. The first-order valence-electron chi connectivity index (χ1n) is 7.01. The Kier molecular flexibility index (Phi) is 6.23. The average Bonchev–Trinajstić information content (AvgIpc) is 2.37. The Balaban J connectivity index is 2.62. The van der Waals surface area contributed by atoms with Crippen LogP contribution in [0.1, 0.15) is 33.6 Å². The van der Waals surface area contributed by atoms with Gasteiger partial charge in [-0.15, -0.1) is 0 Å². The minimum atomic E-state index is -0.504. The van der Waals surface area contributed by atoms with E-state index in [2.05, 4.69) is 20.9 Å². The highest BCUT2D eigenvalue weighted by atomic mass is 79.9. The van der Waals surface area contributed by atoms with Gasteiger partial charge < -0.3 is 21.1 Å². The summed E-state index contributed by atoms with van der Waals surface area (Å²) in [5, 5.41) is 8.97. The van der Waals surface area contributed by atoms with Gasteiger partial charge in [-0.2, -0.15) is 5.26 Å². The number of halogens is 1. The van der Waals surface area contributed by atoms with Gasteiger partial charge in [0.05, 0.1) is 10.6 Å². The van der Waals surface area contributed by atoms with Crippen LogP contribution in [0.25, 0.3) is 0 Å². The van der Waals surface area contributed by atoms with Crippen LogP contribution in [0.4, 0.5) is 4.79 Å². The zero-order chi connectivity index (χ0) is 16.9. The zero-order valence-corrected chi connectivity index (χ0v) is 14.7. The lowest BCUT2D eigenvalue weighted by molar-refractivity contribution is 0.0207. The summed E-state index contributed by atoms with van der Waals surface area (Å²) < 4.78 is 5.50. The lowest BCUT2D eigenvalue weighted by atomic mass is 10.1. The molecule has 8 heteroatoms. The van der Waals surface area contributed by atoms with Crippen LogP contribution in [0.3, 0.4) is 0 Å². The second kappa shape index (κ2) is 7.49. The van der Waals surface area contributed by atoms with Crippen LogP contribution in [-0.4, -0.2) is 41.6 Å². The molecule has 0 aromatic heterocycles. The van der Waals surface area contributed by atoms with E-state index >= 15 is 0 Å². The van der Waals surface area contributed by atoms with Gasteiger partial charge in [-0.3, -0.25) is 4.99 Å². The fourth-order valence-corrected chi connectivity index (χ4v) is 2.29. The summed E-state index contributed by atoms with van der Waals surface area (Å²) >= 11 is 3.03. The van der Waals surface area contributed by atoms with E-state index in [1.54, 1.807) is 4.90 Å². The summed E-state index contributed by atoms with van der Waals surface area (Å²) in [4.78, 5) is 17.9. The summed E-state index contributed by atoms with van der Waals surface area (Å²) in [6.07, 6.45) is 1.02. The average molecular weight is 372 g/mol. The molecule has 1 amide bonds. The number of nitrogens with zero attached hydrogens (tertiary/aromatic N) is 3. The number of aliphatic imine (C=N–C) groups is 1. The second-order valence-electron chi connectivity index (χ2n) is 6.05. The number of amidine groups is 1. The fraction of sp³-hybridized carbons (Fsp3) is 0.643. The summed E-state index contributed by atoms with van der Waals surface area (Å²) in [5.74, 6) is 0.118. The molecule has 1 aliphatic heterocycles. The van der Waals surface area contributed by atoms with Gasteiger partial charge >= 0.3 is 6.09 Å². The number of piperidine rings is 1. The van der Waals surface area contributed by atoms with Crippen molar-refractivity contribution in [2.24, 2.45) is 16.5 Å². The molecule has 0 bridgehead atoms. The predicted octanol–water partition coefficient (Wildman–Crippen LogP) is 1.83. The molecule has 1 saturated heterocycles. The summed E-state index contributed by atoms with van der Waals surface area (Å²) in [5.41, 5.74) is 10.9. The highest BCUT2D eigenvalue weighted by molar-refractivity contribution is 9.11. The standard InChI is InChI=1S/C14H22BrN5O2/c1-14(2,3)22-13(21)20-6-4-9(5-7-20)19-12(18)10(8-16)11(15)17/h9H,4-7,17H2,1-3H3,(H2,18,19). The Bertz CT molecular complexity index is 518. The second-order valence-corrected chi connectivity index (χ2v) is 6.90. The molecule has 0 atom stereocenters. The number of hydrogen-bond acceptors (Lipinski definition) is 5. The summed E-state index contributed by atoms with van der Waals surface area (Å²) in [7, 11) is 0. The van der Waals surface area contributed by atoms with Gasteiger partial charge in [0.1, 0.15) is 23.1 Å². The highest BCUT2D eigenvalue weighted by Crippen LogP contribution is 2.18. The third-order valence-electron chi connectivity index (χ3n) is 3.04. The molecule has 0 spiro atoms. The van der Waals surface area contributed by atoms with Crippen molar-refractivity contribution >= 4 is 27.9 Å². The maximum Gasteiger partial charge on any atom is 0.410 e. The fourth-order valence-electron chi connectivity index (χ4n) is 2.00. The number of hydrogen-bond donors (Lipinski definition) is 2. The van der Waals surface area contributed by atoms with E-state index < -0.39 is 5.60 Å². The zero-order valence-electron chi connectivity index (χ0n) is 13.1. The number of carbonyl (C=O) groups is 1. The molecular weight excluding hydrogens is 350 g/mol. The normalized spacial score (nSPS) is 18.5. The number of amides is 1. The van der Waals surface area contributed by atoms with Crippen LogP contribution in [0, 0.1) is 11.3 Å². The Hall–Kier alpha value is -1.75. The Labute approximate surface area is 139 Å². The maximum atomic E-state index is 12.0. The Morgan fingerprint density at radius 3 is 2.32 bits per heavy atom. The molecule has 4 N–H and O–H groups in total. The van der Waals surface area contributed by atoms with Crippen LogP contribution < -0.4 is 11.5 Å². The van der Waals surface area contributed by atoms with Crippen molar-refractivity contribution in [1.82, 2.24) is 4.90 Å². The van der Waals surface area contributed by atoms with Crippen molar-refractivity contribution in [3.8, 4) is 6.07 Å². The number of rotatable bonds is 2. The van der Waals surface area contributed by atoms with Crippen molar-refractivity contribution in [1.29, 1.82) is 5.26 Å². The van der Waals surface area contributed by atoms with E-state index in [0.29, 0.717) is 25.9 Å². The first-order chi connectivity index (χ1) is 10.1. The van der Waals surface area contributed by atoms with E-state index in [-0.39, 0.29) is 28.2 Å². The van der Waals surface area contributed by atoms with E-state index in [9.17, 15) is 4.79 Å². The third-order valence-corrected chi connectivity index (χ3v) is 3.44. The molecule has 1 rings (SSSR count).